The molecule has 0 atom stereocenters. The quantitative estimate of drug-likeness (QED) is 0.907. The van der Waals surface area contributed by atoms with Crippen molar-refractivity contribution in [3.05, 3.63) is 59.4 Å². The molecule has 0 radical (unpaired) electrons. The molecule has 2 aromatic rings. The summed E-state index contributed by atoms with van der Waals surface area (Å²) in [5.41, 5.74) is 1.00. The molecule has 0 aliphatic rings. The van der Waals surface area contributed by atoms with E-state index in [4.69, 9.17) is 16.3 Å². The van der Waals surface area contributed by atoms with Gasteiger partial charge < -0.3 is 10.1 Å². The fourth-order valence-electron chi connectivity index (χ4n) is 1.47. The lowest BCUT2D eigenvalue weighted by Crippen LogP contribution is -2.28. The molecular formula is C14H14ClN2O2+. The summed E-state index contributed by atoms with van der Waals surface area (Å²) in [6, 6.07) is 10.7. The molecule has 0 saturated heterocycles. The number of hydrogen-bond donors (Lipinski definition) is 1. The monoisotopic (exact) mass is 277 g/mol. The lowest BCUT2D eigenvalue weighted by Gasteiger charge is -2.06. The minimum atomic E-state index is -0.168. The van der Waals surface area contributed by atoms with E-state index in [1.54, 1.807) is 24.3 Å². The van der Waals surface area contributed by atoms with Crippen molar-refractivity contribution in [3.8, 4) is 5.75 Å². The Kier molecular flexibility index (Phi) is 4.75. The zero-order chi connectivity index (χ0) is 13.5. The summed E-state index contributed by atoms with van der Waals surface area (Å²) in [6.45, 7) is 0.457. The molecule has 19 heavy (non-hydrogen) atoms. The summed E-state index contributed by atoms with van der Waals surface area (Å²) in [5.74, 6) is 0.450. The molecule has 98 valence electrons. The van der Waals surface area contributed by atoms with Gasteiger partial charge in [0.25, 0.3) is 5.91 Å². The summed E-state index contributed by atoms with van der Waals surface area (Å²) in [7, 11) is 0. The van der Waals surface area contributed by atoms with Gasteiger partial charge in [-0.25, -0.2) is 4.98 Å². The first-order chi connectivity index (χ1) is 9.24. The average Bonchev–Trinajstić information content (AvgIpc) is 2.45. The first kappa shape index (κ1) is 13.4. The lowest BCUT2D eigenvalue weighted by atomic mass is 10.3. The molecule has 4 nitrogen and oxygen atoms in total. The molecule has 0 saturated carbocycles. The van der Waals surface area contributed by atoms with Gasteiger partial charge in [-0.2, -0.15) is 0 Å². The maximum Gasteiger partial charge on any atom is 0.258 e. The number of aromatic amines is 1. The van der Waals surface area contributed by atoms with Crippen molar-refractivity contribution in [3.63, 3.8) is 0 Å². The first-order valence-corrected chi connectivity index (χ1v) is 6.22. The Morgan fingerprint density at radius 2 is 2.05 bits per heavy atom. The van der Waals surface area contributed by atoms with Gasteiger partial charge in [-0.1, -0.05) is 11.6 Å². The number of carbonyl (C=O) groups is 1. The van der Waals surface area contributed by atoms with Crippen LogP contribution in [0.15, 0.2) is 48.8 Å². The van der Waals surface area contributed by atoms with E-state index in [-0.39, 0.29) is 12.5 Å². The molecule has 5 heteroatoms. The highest BCUT2D eigenvalue weighted by atomic mass is 35.5. The molecule has 1 aromatic carbocycles. The smallest absolute Gasteiger partial charge is 0.258 e. The molecule has 1 amide bonds. The van der Waals surface area contributed by atoms with Crippen molar-refractivity contribution >= 4 is 17.5 Å². The summed E-state index contributed by atoms with van der Waals surface area (Å²) in [4.78, 5) is 14.5. The molecule has 0 spiro atoms. The number of H-pyrrole nitrogens is 1. The number of rotatable bonds is 5. The van der Waals surface area contributed by atoms with E-state index in [1.165, 1.54) is 0 Å². The average molecular weight is 278 g/mol. The third-order valence-corrected chi connectivity index (χ3v) is 2.70. The van der Waals surface area contributed by atoms with Gasteiger partial charge in [0.05, 0.1) is 0 Å². The van der Waals surface area contributed by atoms with E-state index in [1.807, 2.05) is 24.5 Å². The fraction of sp³-hybridized carbons (Fsp3) is 0.143. The van der Waals surface area contributed by atoms with Gasteiger partial charge in [0.1, 0.15) is 5.75 Å². The number of ether oxygens (including phenoxy) is 1. The number of carbonyl (C=O) groups excluding carboxylic acids is 1. The molecule has 0 unspecified atom stereocenters. The van der Waals surface area contributed by atoms with E-state index in [2.05, 4.69) is 10.3 Å². The second-order valence-corrected chi connectivity index (χ2v) is 4.37. The number of aromatic nitrogens is 1. The Morgan fingerprint density at radius 3 is 2.74 bits per heavy atom. The van der Waals surface area contributed by atoms with Crippen molar-refractivity contribution in [2.45, 2.75) is 6.54 Å². The molecule has 1 heterocycles. The standard InChI is InChI=1S/C14H13ClN2O2/c15-12-3-5-13(6-4-12)19-10-14(18)17-9-11-2-1-7-16-8-11/h1-8H,9-10H2,(H,17,18)/p+1. The van der Waals surface area contributed by atoms with Crippen LogP contribution in [0.4, 0.5) is 0 Å². The Balaban J connectivity index is 1.74. The van der Waals surface area contributed by atoms with Gasteiger partial charge in [0.2, 0.25) is 0 Å². The third-order valence-electron chi connectivity index (χ3n) is 2.44. The molecule has 0 fully saturated rings. The zero-order valence-corrected chi connectivity index (χ0v) is 11.0. The van der Waals surface area contributed by atoms with E-state index in [9.17, 15) is 4.79 Å². The number of halogens is 1. The Labute approximate surface area is 116 Å². The fourth-order valence-corrected chi connectivity index (χ4v) is 1.60. The van der Waals surface area contributed by atoms with Crippen LogP contribution in [0.5, 0.6) is 5.75 Å². The number of pyridine rings is 1. The van der Waals surface area contributed by atoms with Crippen LogP contribution in [0.3, 0.4) is 0 Å². The maximum atomic E-state index is 11.6. The van der Waals surface area contributed by atoms with Gasteiger partial charge in [-0.3, -0.25) is 4.79 Å². The van der Waals surface area contributed by atoms with Crippen LogP contribution in [0.1, 0.15) is 5.56 Å². The topological polar surface area (TPSA) is 52.5 Å². The normalized spacial score (nSPS) is 9.95. The van der Waals surface area contributed by atoms with E-state index in [0.29, 0.717) is 17.3 Å². The van der Waals surface area contributed by atoms with E-state index in [0.717, 1.165) is 5.56 Å². The summed E-state index contributed by atoms with van der Waals surface area (Å²) in [6.07, 6.45) is 3.65. The SMILES string of the molecule is O=C(COc1ccc(Cl)cc1)NCc1ccc[nH+]c1. The van der Waals surface area contributed by atoms with Crippen LogP contribution in [-0.4, -0.2) is 12.5 Å². The predicted molar refractivity (Wildman–Crippen MR) is 71.8 cm³/mol. The number of nitrogens with one attached hydrogen (secondary N) is 2. The van der Waals surface area contributed by atoms with Gasteiger partial charge in [-0.15, -0.1) is 0 Å². The predicted octanol–water partition coefficient (Wildman–Crippen LogP) is 1.85. The van der Waals surface area contributed by atoms with Crippen molar-refractivity contribution in [1.29, 1.82) is 0 Å². The largest absolute Gasteiger partial charge is 0.484 e. The lowest BCUT2D eigenvalue weighted by molar-refractivity contribution is -0.378. The summed E-state index contributed by atoms with van der Waals surface area (Å²) < 4.78 is 5.33. The molecule has 0 aliphatic heterocycles. The first-order valence-electron chi connectivity index (χ1n) is 5.84. The van der Waals surface area contributed by atoms with E-state index >= 15 is 0 Å². The third kappa shape index (κ3) is 4.60. The molecule has 1 aromatic heterocycles. The van der Waals surface area contributed by atoms with Gasteiger partial charge in [0.15, 0.2) is 19.0 Å². The van der Waals surface area contributed by atoms with Gasteiger partial charge in [-0.05, 0) is 30.3 Å². The molecule has 2 rings (SSSR count). The van der Waals surface area contributed by atoms with Crippen LogP contribution in [-0.2, 0) is 11.3 Å². The molecular weight excluding hydrogens is 264 g/mol. The van der Waals surface area contributed by atoms with Crippen molar-refractivity contribution < 1.29 is 14.5 Å². The highest BCUT2D eigenvalue weighted by Gasteiger charge is 2.03. The van der Waals surface area contributed by atoms with Crippen LogP contribution in [0.2, 0.25) is 5.02 Å². The minimum Gasteiger partial charge on any atom is -0.484 e. The van der Waals surface area contributed by atoms with Crippen molar-refractivity contribution in [1.82, 2.24) is 5.32 Å². The zero-order valence-electron chi connectivity index (χ0n) is 10.2. The van der Waals surface area contributed by atoms with Crippen LogP contribution < -0.4 is 15.0 Å². The Hall–Kier alpha value is -2.07. The van der Waals surface area contributed by atoms with E-state index < -0.39 is 0 Å². The van der Waals surface area contributed by atoms with Crippen LogP contribution >= 0.6 is 11.6 Å². The highest BCUT2D eigenvalue weighted by molar-refractivity contribution is 6.30. The second kappa shape index (κ2) is 6.75. The van der Waals surface area contributed by atoms with Crippen LogP contribution in [0.25, 0.3) is 0 Å². The minimum absolute atomic E-state index is 0.0157. The van der Waals surface area contributed by atoms with Crippen LogP contribution in [0, 0.1) is 0 Å². The Bertz CT molecular complexity index is 529. The molecule has 2 N–H and O–H groups in total. The number of amides is 1. The highest BCUT2D eigenvalue weighted by Crippen LogP contribution is 2.15. The second-order valence-electron chi connectivity index (χ2n) is 3.93. The van der Waals surface area contributed by atoms with Gasteiger partial charge in [0, 0.05) is 23.2 Å². The Morgan fingerprint density at radius 1 is 1.26 bits per heavy atom. The summed E-state index contributed by atoms with van der Waals surface area (Å²) in [5, 5.41) is 3.41. The number of benzene rings is 1. The molecule has 0 aliphatic carbocycles. The number of hydrogen-bond acceptors (Lipinski definition) is 2. The van der Waals surface area contributed by atoms with Gasteiger partial charge >= 0.3 is 0 Å². The molecule has 0 bridgehead atoms. The maximum absolute atomic E-state index is 11.6. The summed E-state index contributed by atoms with van der Waals surface area (Å²) >= 11 is 5.75. The van der Waals surface area contributed by atoms with Crippen molar-refractivity contribution in [2.75, 3.05) is 6.61 Å². The van der Waals surface area contributed by atoms with Crippen molar-refractivity contribution in [2.24, 2.45) is 0 Å².